The molecule has 0 aromatic heterocycles. The molecule has 0 bridgehead atoms. The highest BCUT2D eigenvalue weighted by atomic mass is 28.3. The van der Waals surface area contributed by atoms with E-state index in [-0.39, 0.29) is 11.9 Å². The number of likely N-dealkylation sites (tertiary alicyclic amines) is 1. The largest absolute Gasteiger partial charge is 0.466 e. The van der Waals surface area contributed by atoms with E-state index in [2.05, 4.69) is 62.2 Å². The molecule has 2 atom stereocenters. The lowest BCUT2D eigenvalue weighted by Crippen LogP contribution is -2.44. The number of benzene rings is 1. The van der Waals surface area contributed by atoms with Crippen LogP contribution < -0.4 is 0 Å². The molecular weight excluding hydrogens is 326 g/mol. The van der Waals surface area contributed by atoms with Crippen LogP contribution in [0.4, 0.5) is 0 Å². The van der Waals surface area contributed by atoms with Crippen LogP contribution in [0, 0.1) is 11.8 Å². The lowest BCUT2D eigenvalue weighted by Gasteiger charge is -2.41. The van der Waals surface area contributed by atoms with Crippen LogP contribution in [0.5, 0.6) is 0 Å². The summed E-state index contributed by atoms with van der Waals surface area (Å²) in [7, 11) is -0.732. The second kappa shape index (κ2) is 8.99. The van der Waals surface area contributed by atoms with Gasteiger partial charge in [0.05, 0.1) is 12.5 Å². The SMILES string of the molecule is CCOC(=O)[C@H]1CC(CC(C)(C)[SiH](C)C)CN(Cc2ccccc2)C1. The second-order valence-corrected chi connectivity index (χ2v) is 12.5. The zero-order chi connectivity index (χ0) is 18.4. The van der Waals surface area contributed by atoms with Crippen molar-refractivity contribution in [3.63, 3.8) is 0 Å². The lowest BCUT2D eigenvalue weighted by molar-refractivity contribution is -0.151. The molecule has 0 radical (unpaired) electrons. The average molecular weight is 362 g/mol. The van der Waals surface area contributed by atoms with Crippen molar-refractivity contribution in [3.8, 4) is 0 Å². The van der Waals surface area contributed by atoms with Crippen LogP contribution in [0.25, 0.3) is 0 Å². The van der Waals surface area contributed by atoms with Gasteiger partial charge >= 0.3 is 5.97 Å². The molecule has 1 heterocycles. The van der Waals surface area contributed by atoms with Crippen LogP contribution >= 0.6 is 0 Å². The fraction of sp³-hybridized carbons (Fsp3) is 0.667. The smallest absolute Gasteiger partial charge is 0.310 e. The number of piperidine rings is 1. The van der Waals surface area contributed by atoms with E-state index in [0.717, 1.165) is 26.1 Å². The van der Waals surface area contributed by atoms with Crippen LogP contribution in [0.3, 0.4) is 0 Å². The van der Waals surface area contributed by atoms with Gasteiger partial charge in [-0.25, -0.2) is 0 Å². The van der Waals surface area contributed by atoms with E-state index in [4.69, 9.17) is 4.74 Å². The van der Waals surface area contributed by atoms with Gasteiger partial charge in [0, 0.05) is 28.4 Å². The van der Waals surface area contributed by atoms with Crippen molar-refractivity contribution in [2.24, 2.45) is 11.8 Å². The summed E-state index contributed by atoms with van der Waals surface area (Å²) >= 11 is 0. The van der Waals surface area contributed by atoms with E-state index < -0.39 is 8.80 Å². The van der Waals surface area contributed by atoms with Crippen LogP contribution in [0.1, 0.15) is 39.2 Å². The molecule has 1 aromatic rings. The molecule has 1 fully saturated rings. The summed E-state index contributed by atoms with van der Waals surface area (Å²) in [4.78, 5) is 14.9. The molecule has 1 saturated heterocycles. The van der Waals surface area contributed by atoms with E-state index in [1.54, 1.807) is 0 Å². The molecule has 3 nitrogen and oxygen atoms in total. The van der Waals surface area contributed by atoms with Crippen molar-refractivity contribution in [1.82, 2.24) is 4.90 Å². The Balaban J connectivity index is 2.09. The molecule has 0 saturated carbocycles. The number of hydrogen-bond donors (Lipinski definition) is 0. The predicted molar refractivity (Wildman–Crippen MR) is 107 cm³/mol. The van der Waals surface area contributed by atoms with Crippen LogP contribution in [0.2, 0.25) is 18.1 Å². The summed E-state index contributed by atoms with van der Waals surface area (Å²) in [6.45, 7) is 14.9. The number of ether oxygens (including phenoxy) is 1. The van der Waals surface area contributed by atoms with Gasteiger partial charge in [-0.2, -0.15) is 0 Å². The summed E-state index contributed by atoms with van der Waals surface area (Å²) in [5.41, 5.74) is 1.32. The monoisotopic (exact) mass is 361 g/mol. The first kappa shape index (κ1) is 20.2. The highest BCUT2D eigenvalue weighted by Crippen LogP contribution is 2.40. The topological polar surface area (TPSA) is 29.5 Å². The highest BCUT2D eigenvalue weighted by molar-refractivity contribution is 6.59. The molecule has 1 aromatic carbocycles. The average Bonchev–Trinajstić information content (AvgIpc) is 2.55. The van der Waals surface area contributed by atoms with Gasteiger partial charge in [0.1, 0.15) is 0 Å². The molecule has 0 N–H and O–H groups in total. The molecule has 4 heteroatoms. The minimum Gasteiger partial charge on any atom is -0.466 e. The van der Waals surface area contributed by atoms with Gasteiger partial charge in [-0.05, 0) is 36.3 Å². The third-order valence-corrected chi connectivity index (χ3v) is 9.22. The number of carbonyl (C=O) groups is 1. The van der Waals surface area contributed by atoms with Gasteiger partial charge in [0.25, 0.3) is 0 Å². The third kappa shape index (κ3) is 5.96. The van der Waals surface area contributed by atoms with Crippen molar-refractivity contribution in [1.29, 1.82) is 0 Å². The van der Waals surface area contributed by atoms with Gasteiger partial charge < -0.3 is 4.74 Å². The minimum atomic E-state index is -0.732. The zero-order valence-corrected chi connectivity index (χ0v) is 17.8. The summed E-state index contributed by atoms with van der Waals surface area (Å²) in [5, 5.41) is 0.430. The standard InChI is InChI=1S/C21H35NO2Si/c1-6-24-20(23)19-12-18(13-21(2,3)25(4)5)15-22(16-19)14-17-10-8-7-9-11-17/h7-11,18-19,25H,6,12-16H2,1-5H3/t18?,19-/m0/s1. The van der Waals surface area contributed by atoms with E-state index in [9.17, 15) is 4.79 Å². The zero-order valence-electron chi connectivity index (χ0n) is 16.6. The third-order valence-electron chi connectivity index (χ3n) is 5.86. The molecule has 0 spiro atoms. The number of nitrogens with zero attached hydrogens (tertiary/aromatic N) is 1. The fourth-order valence-corrected chi connectivity index (χ4v) is 4.64. The fourth-order valence-electron chi connectivity index (χ4n) is 3.83. The summed E-state index contributed by atoms with van der Waals surface area (Å²) in [6, 6.07) is 10.6. The second-order valence-electron chi connectivity index (χ2n) is 8.58. The maximum absolute atomic E-state index is 12.4. The van der Waals surface area contributed by atoms with Crippen LogP contribution in [0.15, 0.2) is 30.3 Å². The summed E-state index contributed by atoms with van der Waals surface area (Å²) < 4.78 is 5.35. The Morgan fingerprint density at radius 1 is 1.24 bits per heavy atom. The molecule has 0 aliphatic carbocycles. The number of hydrogen-bond acceptors (Lipinski definition) is 3. The van der Waals surface area contributed by atoms with Crippen molar-refractivity contribution < 1.29 is 9.53 Å². The maximum atomic E-state index is 12.4. The molecule has 1 unspecified atom stereocenters. The van der Waals surface area contributed by atoms with E-state index in [1.807, 2.05) is 6.92 Å². The van der Waals surface area contributed by atoms with Gasteiger partial charge in [-0.15, -0.1) is 0 Å². The summed E-state index contributed by atoms with van der Waals surface area (Å²) in [5.74, 6) is 0.591. The van der Waals surface area contributed by atoms with Gasteiger partial charge in [0.15, 0.2) is 0 Å². The summed E-state index contributed by atoms with van der Waals surface area (Å²) in [6.07, 6.45) is 2.20. The number of rotatable bonds is 7. The lowest BCUT2D eigenvalue weighted by atomic mass is 9.83. The Morgan fingerprint density at radius 2 is 1.92 bits per heavy atom. The van der Waals surface area contributed by atoms with Crippen molar-refractivity contribution in [2.75, 3.05) is 19.7 Å². The quantitative estimate of drug-likeness (QED) is 0.534. The molecule has 2 rings (SSSR count). The first-order valence-electron chi connectivity index (χ1n) is 9.74. The van der Waals surface area contributed by atoms with Gasteiger partial charge in [-0.3, -0.25) is 9.69 Å². The first-order valence-corrected chi connectivity index (χ1v) is 12.6. The molecule has 25 heavy (non-hydrogen) atoms. The molecule has 1 aliphatic heterocycles. The van der Waals surface area contributed by atoms with Crippen molar-refractivity contribution >= 4 is 14.8 Å². The normalized spacial score (nSPS) is 22.2. The van der Waals surface area contributed by atoms with Crippen LogP contribution in [-0.4, -0.2) is 39.4 Å². The Bertz CT molecular complexity index is 544. The molecular formula is C21H35NO2Si. The van der Waals surface area contributed by atoms with E-state index >= 15 is 0 Å². The van der Waals surface area contributed by atoms with Gasteiger partial charge in [0.2, 0.25) is 0 Å². The van der Waals surface area contributed by atoms with E-state index in [1.165, 1.54) is 12.0 Å². The Kier molecular flexibility index (Phi) is 7.26. The van der Waals surface area contributed by atoms with Crippen molar-refractivity contribution in [3.05, 3.63) is 35.9 Å². The molecule has 0 amide bonds. The molecule has 140 valence electrons. The van der Waals surface area contributed by atoms with E-state index in [0.29, 0.717) is 17.6 Å². The number of esters is 1. The Morgan fingerprint density at radius 3 is 2.52 bits per heavy atom. The minimum absolute atomic E-state index is 0.00939. The number of carbonyl (C=O) groups excluding carboxylic acids is 1. The van der Waals surface area contributed by atoms with Gasteiger partial charge in [-0.1, -0.05) is 57.3 Å². The Labute approximate surface area is 155 Å². The Hall–Kier alpha value is -1.13. The molecule has 1 aliphatic rings. The highest BCUT2D eigenvalue weighted by Gasteiger charge is 2.36. The maximum Gasteiger partial charge on any atom is 0.310 e. The predicted octanol–water partition coefficient (Wildman–Crippen LogP) is 4.34. The first-order chi connectivity index (χ1) is 11.8. The van der Waals surface area contributed by atoms with Crippen molar-refractivity contribution in [2.45, 2.75) is 58.3 Å². The van der Waals surface area contributed by atoms with Crippen LogP contribution in [-0.2, 0) is 16.1 Å².